The van der Waals surface area contributed by atoms with Crippen LogP contribution in [0.5, 0.6) is 5.75 Å². The Labute approximate surface area is 220 Å². The smallest absolute Gasteiger partial charge is 0.274 e. The summed E-state index contributed by atoms with van der Waals surface area (Å²) in [7, 11) is 1.56. The van der Waals surface area contributed by atoms with Crippen LogP contribution in [-0.4, -0.2) is 34.7 Å². The molecule has 2 aromatic heterocycles. The van der Waals surface area contributed by atoms with E-state index in [-0.39, 0.29) is 17.6 Å². The summed E-state index contributed by atoms with van der Waals surface area (Å²) in [5, 5.41) is 6.31. The van der Waals surface area contributed by atoms with E-state index in [1.807, 2.05) is 53.1 Å². The zero-order chi connectivity index (χ0) is 25.1. The second-order valence-electron chi connectivity index (χ2n) is 7.73. The van der Waals surface area contributed by atoms with Crippen LogP contribution in [-0.2, 0) is 11.3 Å². The molecule has 0 aliphatic carbocycles. The van der Waals surface area contributed by atoms with Crippen LogP contribution in [0.25, 0.3) is 5.69 Å². The van der Waals surface area contributed by atoms with E-state index in [0.717, 1.165) is 5.69 Å². The van der Waals surface area contributed by atoms with Gasteiger partial charge in [-0.15, -0.1) is 11.8 Å². The molecule has 11 heteroatoms. The van der Waals surface area contributed by atoms with E-state index in [1.165, 1.54) is 23.1 Å². The number of carbonyl (C=O) groups is 2. The number of benzene rings is 2. The van der Waals surface area contributed by atoms with E-state index >= 15 is 0 Å². The van der Waals surface area contributed by atoms with Crippen LogP contribution in [0.1, 0.15) is 15.4 Å². The molecular formula is C25H22N4O4S3. The van der Waals surface area contributed by atoms with E-state index in [9.17, 15) is 9.59 Å². The van der Waals surface area contributed by atoms with Crippen LogP contribution in [0.3, 0.4) is 0 Å². The van der Waals surface area contributed by atoms with Crippen molar-refractivity contribution in [3.05, 3.63) is 87.6 Å². The summed E-state index contributed by atoms with van der Waals surface area (Å²) in [6.07, 6.45) is 1.56. The Balaban J connectivity index is 1.47. The Hall–Kier alpha value is -3.54. The number of para-hydroxylation sites is 3. The number of anilines is 2. The molecule has 2 N–H and O–H groups in total. The summed E-state index contributed by atoms with van der Waals surface area (Å²) < 4.78 is 13.2. The lowest BCUT2D eigenvalue weighted by Gasteiger charge is -2.36. The second-order valence-corrected chi connectivity index (χ2v) is 10.4. The van der Waals surface area contributed by atoms with Crippen molar-refractivity contribution in [1.29, 1.82) is 0 Å². The van der Waals surface area contributed by atoms with Crippen molar-refractivity contribution in [1.82, 2.24) is 9.88 Å². The number of amides is 2. The van der Waals surface area contributed by atoms with Crippen molar-refractivity contribution in [2.45, 2.75) is 12.0 Å². The molecule has 4 aromatic rings. The molecule has 0 saturated carbocycles. The Morgan fingerprint density at radius 3 is 2.69 bits per heavy atom. The lowest BCUT2D eigenvalue weighted by atomic mass is 10.2. The number of thioether (sulfide) groups is 1. The van der Waals surface area contributed by atoms with Crippen LogP contribution in [0.2, 0.25) is 0 Å². The summed E-state index contributed by atoms with van der Waals surface area (Å²) in [4.78, 5) is 28.6. The highest BCUT2D eigenvalue weighted by Crippen LogP contribution is 2.41. The summed E-state index contributed by atoms with van der Waals surface area (Å²) in [5.74, 6) is 1.55. The minimum Gasteiger partial charge on any atom is -0.495 e. The zero-order valence-corrected chi connectivity index (χ0v) is 21.6. The van der Waals surface area contributed by atoms with Gasteiger partial charge in [-0.1, -0.05) is 41.7 Å². The molecule has 3 heterocycles. The van der Waals surface area contributed by atoms with Gasteiger partial charge in [0, 0.05) is 5.69 Å². The third-order valence-electron chi connectivity index (χ3n) is 5.49. The number of carbonyl (C=O) groups excluding carboxylic acids is 2. The van der Waals surface area contributed by atoms with Gasteiger partial charge < -0.3 is 19.8 Å². The summed E-state index contributed by atoms with van der Waals surface area (Å²) in [6.45, 7) is 0.293. The van der Waals surface area contributed by atoms with Gasteiger partial charge in [-0.25, -0.2) is 0 Å². The Kier molecular flexibility index (Phi) is 7.12. The number of methoxy groups -OCH3 is 1. The maximum atomic E-state index is 13.9. The van der Waals surface area contributed by atoms with Crippen molar-refractivity contribution in [2.24, 2.45) is 0 Å². The van der Waals surface area contributed by atoms with Gasteiger partial charge in [-0.3, -0.25) is 19.1 Å². The van der Waals surface area contributed by atoms with Crippen molar-refractivity contribution in [3.63, 3.8) is 0 Å². The van der Waals surface area contributed by atoms with Crippen LogP contribution >= 0.6 is 35.3 Å². The molecule has 0 fully saturated rings. The van der Waals surface area contributed by atoms with Crippen LogP contribution in [0.4, 0.5) is 11.5 Å². The molecule has 2 amide bonds. The van der Waals surface area contributed by atoms with Crippen molar-refractivity contribution >= 4 is 58.6 Å². The highest BCUT2D eigenvalue weighted by molar-refractivity contribution is 8.00. The number of rotatable bonds is 8. The van der Waals surface area contributed by atoms with Crippen LogP contribution < -0.4 is 20.3 Å². The maximum absolute atomic E-state index is 13.9. The molecule has 2 aromatic carbocycles. The average Bonchev–Trinajstić information content (AvgIpc) is 3.54. The molecule has 5 rings (SSSR count). The number of ether oxygens (including phenoxy) is 1. The minimum atomic E-state index is -0.588. The van der Waals surface area contributed by atoms with Gasteiger partial charge in [0.2, 0.25) is 5.91 Å². The number of hydrogen-bond donors (Lipinski definition) is 2. The van der Waals surface area contributed by atoms with E-state index in [2.05, 4.69) is 10.6 Å². The monoisotopic (exact) mass is 538 g/mol. The molecule has 0 unspecified atom stereocenters. The SMILES string of the molecule is COc1ccccc1N1C(=O)c2sc(=S)n(-c3ccccc3)c2N[C@@H]1SCC(=O)NCc1ccco1. The van der Waals surface area contributed by atoms with Gasteiger partial charge in [0.15, 0.2) is 9.45 Å². The quantitative estimate of drug-likeness (QED) is 0.295. The van der Waals surface area contributed by atoms with Gasteiger partial charge in [-0.05, 0) is 48.6 Å². The number of furan rings is 1. The molecule has 1 aliphatic heterocycles. The molecule has 0 saturated heterocycles. The van der Waals surface area contributed by atoms with E-state index < -0.39 is 5.50 Å². The lowest BCUT2D eigenvalue weighted by molar-refractivity contribution is -0.118. The Morgan fingerprint density at radius 2 is 1.94 bits per heavy atom. The first-order valence-corrected chi connectivity index (χ1v) is 13.3. The first kappa shape index (κ1) is 24.2. The van der Waals surface area contributed by atoms with Crippen molar-refractivity contribution in [2.75, 3.05) is 23.1 Å². The highest BCUT2D eigenvalue weighted by atomic mass is 32.2. The predicted octanol–water partition coefficient (Wildman–Crippen LogP) is 5.28. The van der Waals surface area contributed by atoms with Gasteiger partial charge in [0.05, 0.1) is 31.4 Å². The fraction of sp³-hybridized carbons (Fsp3) is 0.160. The largest absolute Gasteiger partial charge is 0.495 e. The van der Waals surface area contributed by atoms with Gasteiger partial charge in [-0.2, -0.15) is 0 Å². The van der Waals surface area contributed by atoms with Gasteiger partial charge >= 0.3 is 0 Å². The molecule has 8 nitrogen and oxygen atoms in total. The van der Waals surface area contributed by atoms with Crippen molar-refractivity contribution in [3.8, 4) is 11.4 Å². The van der Waals surface area contributed by atoms with Crippen molar-refractivity contribution < 1.29 is 18.7 Å². The maximum Gasteiger partial charge on any atom is 0.274 e. The molecule has 0 radical (unpaired) electrons. The molecular weight excluding hydrogens is 517 g/mol. The minimum absolute atomic E-state index is 0.114. The van der Waals surface area contributed by atoms with Crippen LogP contribution in [0, 0.1) is 3.95 Å². The number of thiazole rings is 1. The third-order valence-corrected chi connectivity index (χ3v) is 7.92. The fourth-order valence-electron chi connectivity index (χ4n) is 3.84. The van der Waals surface area contributed by atoms with E-state index in [4.69, 9.17) is 21.4 Å². The fourth-order valence-corrected chi connectivity index (χ4v) is 6.15. The topological polar surface area (TPSA) is 88.7 Å². The third kappa shape index (κ3) is 4.77. The van der Waals surface area contributed by atoms with Gasteiger partial charge in [0.1, 0.15) is 22.2 Å². The summed E-state index contributed by atoms with van der Waals surface area (Å²) in [6, 6.07) is 20.5. The molecule has 36 heavy (non-hydrogen) atoms. The molecule has 0 spiro atoms. The standard InChI is InChI=1S/C25H22N4O4S3/c1-32-19-12-6-5-11-18(19)29-23(31)21-22(28(25(34)36-21)16-8-3-2-4-9-16)27-24(29)35-15-20(30)26-14-17-10-7-13-33-17/h2-13,24,27H,14-15H2,1H3,(H,26,30)/t24-/m0/s1. The molecule has 1 atom stereocenters. The lowest BCUT2D eigenvalue weighted by Crippen LogP contribution is -2.48. The average molecular weight is 539 g/mol. The van der Waals surface area contributed by atoms with Crippen LogP contribution in [0.15, 0.2) is 77.4 Å². The zero-order valence-electron chi connectivity index (χ0n) is 19.2. The normalized spacial score (nSPS) is 14.8. The number of nitrogens with one attached hydrogen (secondary N) is 2. The van der Waals surface area contributed by atoms with E-state index in [0.29, 0.717) is 38.4 Å². The predicted molar refractivity (Wildman–Crippen MR) is 145 cm³/mol. The number of nitrogens with zero attached hydrogens (tertiary/aromatic N) is 2. The van der Waals surface area contributed by atoms with E-state index in [1.54, 1.807) is 36.5 Å². The molecule has 0 bridgehead atoms. The number of hydrogen-bond acceptors (Lipinski definition) is 8. The summed E-state index contributed by atoms with van der Waals surface area (Å²) in [5.41, 5.74) is 0.864. The number of aromatic nitrogens is 1. The summed E-state index contributed by atoms with van der Waals surface area (Å²) >= 11 is 8.19. The molecule has 184 valence electrons. The second kappa shape index (κ2) is 10.6. The Morgan fingerprint density at radius 1 is 1.17 bits per heavy atom. The number of fused-ring (bicyclic) bond motifs is 1. The first-order chi connectivity index (χ1) is 17.6. The van der Waals surface area contributed by atoms with Gasteiger partial charge in [0.25, 0.3) is 5.91 Å². The molecule has 1 aliphatic rings. The highest BCUT2D eigenvalue weighted by Gasteiger charge is 2.38. The Bertz CT molecular complexity index is 1430. The first-order valence-electron chi connectivity index (χ1n) is 11.0.